The van der Waals surface area contributed by atoms with Crippen molar-refractivity contribution < 1.29 is 9.90 Å². The summed E-state index contributed by atoms with van der Waals surface area (Å²) in [6.45, 7) is 3.37. The second-order valence-corrected chi connectivity index (χ2v) is 6.87. The summed E-state index contributed by atoms with van der Waals surface area (Å²) < 4.78 is 0. The van der Waals surface area contributed by atoms with Gasteiger partial charge in [0.15, 0.2) is 0 Å². The second kappa shape index (κ2) is 8.94. The number of hydrogen-bond donors (Lipinski definition) is 2. The first-order valence-corrected chi connectivity index (χ1v) is 8.62. The molecule has 2 N–H and O–H groups in total. The lowest BCUT2D eigenvalue weighted by atomic mass is 9.82. The molecule has 1 saturated carbocycles. The zero-order valence-electron chi connectivity index (χ0n) is 13.6. The average Bonchev–Trinajstić information content (AvgIpc) is 2.51. The molecule has 3 heteroatoms. The molecule has 1 aliphatic rings. The van der Waals surface area contributed by atoms with Crippen molar-refractivity contribution in [2.45, 2.75) is 57.9 Å². The summed E-state index contributed by atoms with van der Waals surface area (Å²) in [5.74, 6) is 0.894. The molecule has 1 aromatic carbocycles. The molecule has 0 radical (unpaired) electrons. The summed E-state index contributed by atoms with van der Waals surface area (Å²) in [5.41, 5.74) is 1.28. The maximum absolute atomic E-state index is 10.9. The van der Waals surface area contributed by atoms with Gasteiger partial charge in [0.25, 0.3) is 0 Å². The third-order valence-electron chi connectivity index (χ3n) is 4.77. The van der Waals surface area contributed by atoms with Crippen LogP contribution in [0, 0.1) is 11.8 Å². The van der Waals surface area contributed by atoms with Gasteiger partial charge in [0.2, 0.25) is 0 Å². The molecule has 0 aliphatic heterocycles. The Balaban J connectivity index is 1.84. The second-order valence-electron chi connectivity index (χ2n) is 6.87. The molecule has 1 aromatic rings. The molecule has 0 spiro atoms. The lowest BCUT2D eigenvalue weighted by Crippen LogP contribution is -2.36. The molecule has 1 aliphatic carbocycles. The molecule has 0 aromatic heterocycles. The molecule has 22 heavy (non-hydrogen) atoms. The van der Waals surface area contributed by atoms with E-state index in [4.69, 9.17) is 5.11 Å². The van der Waals surface area contributed by atoms with Crippen LogP contribution in [0.25, 0.3) is 0 Å². The molecule has 2 rings (SSSR count). The van der Waals surface area contributed by atoms with Crippen molar-refractivity contribution in [1.82, 2.24) is 5.32 Å². The summed E-state index contributed by atoms with van der Waals surface area (Å²) in [6.07, 6.45) is 7.18. The molecule has 0 amide bonds. The summed E-state index contributed by atoms with van der Waals surface area (Å²) in [5, 5.41) is 12.6. The SMILES string of the molecule is CC1CCCC(CNC(CCC(=O)O)Cc2ccccc2)C1. The number of carboxylic acids is 1. The zero-order valence-corrected chi connectivity index (χ0v) is 13.6. The highest BCUT2D eigenvalue weighted by atomic mass is 16.4. The van der Waals surface area contributed by atoms with E-state index in [9.17, 15) is 4.79 Å². The Kier molecular flexibility index (Phi) is 6.91. The quantitative estimate of drug-likeness (QED) is 0.766. The van der Waals surface area contributed by atoms with Crippen LogP contribution in [0.3, 0.4) is 0 Å². The largest absolute Gasteiger partial charge is 0.481 e. The van der Waals surface area contributed by atoms with E-state index in [0.717, 1.165) is 24.8 Å². The number of carbonyl (C=O) groups is 1. The summed E-state index contributed by atoms with van der Waals surface area (Å²) >= 11 is 0. The monoisotopic (exact) mass is 303 g/mol. The Morgan fingerprint density at radius 3 is 2.77 bits per heavy atom. The van der Waals surface area contributed by atoms with Crippen molar-refractivity contribution in [2.75, 3.05) is 6.54 Å². The van der Waals surface area contributed by atoms with Gasteiger partial charge in [-0.25, -0.2) is 0 Å². The normalized spacial score (nSPS) is 23.1. The van der Waals surface area contributed by atoms with Crippen LogP contribution in [-0.4, -0.2) is 23.7 Å². The van der Waals surface area contributed by atoms with Crippen LogP contribution < -0.4 is 5.32 Å². The molecular formula is C19H29NO2. The van der Waals surface area contributed by atoms with Gasteiger partial charge >= 0.3 is 5.97 Å². The minimum absolute atomic E-state index is 0.242. The van der Waals surface area contributed by atoms with E-state index < -0.39 is 5.97 Å². The van der Waals surface area contributed by atoms with Gasteiger partial charge in [0, 0.05) is 12.5 Å². The Morgan fingerprint density at radius 2 is 2.09 bits per heavy atom. The van der Waals surface area contributed by atoms with Crippen LogP contribution in [-0.2, 0) is 11.2 Å². The van der Waals surface area contributed by atoms with Gasteiger partial charge in [-0.05, 0) is 49.6 Å². The lowest BCUT2D eigenvalue weighted by Gasteiger charge is -2.29. The fourth-order valence-corrected chi connectivity index (χ4v) is 3.55. The highest BCUT2D eigenvalue weighted by Gasteiger charge is 2.20. The van der Waals surface area contributed by atoms with Crippen molar-refractivity contribution in [3.63, 3.8) is 0 Å². The van der Waals surface area contributed by atoms with Crippen molar-refractivity contribution in [1.29, 1.82) is 0 Å². The number of hydrogen-bond acceptors (Lipinski definition) is 2. The molecule has 3 nitrogen and oxygen atoms in total. The summed E-state index contributed by atoms with van der Waals surface area (Å²) in [7, 11) is 0. The Morgan fingerprint density at radius 1 is 1.32 bits per heavy atom. The van der Waals surface area contributed by atoms with Gasteiger partial charge < -0.3 is 10.4 Å². The van der Waals surface area contributed by atoms with Crippen LogP contribution in [0.5, 0.6) is 0 Å². The van der Waals surface area contributed by atoms with E-state index in [1.807, 2.05) is 18.2 Å². The predicted molar refractivity (Wildman–Crippen MR) is 89.9 cm³/mol. The molecule has 1 fully saturated rings. The van der Waals surface area contributed by atoms with Crippen LogP contribution in [0.15, 0.2) is 30.3 Å². The van der Waals surface area contributed by atoms with Crippen LogP contribution in [0.4, 0.5) is 0 Å². The molecule has 0 saturated heterocycles. The van der Waals surface area contributed by atoms with E-state index >= 15 is 0 Å². The summed E-state index contributed by atoms with van der Waals surface area (Å²) in [4.78, 5) is 10.9. The zero-order chi connectivity index (χ0) is 15.8. The first-order chi connectivity index (χ1) is 10.6. The predicted octanol–water partition coefficient (Wildman–Crippen LogP) is 3.88. The third kappa shape index (κ3) is 6.18. The fraction of sp³-hybridized carbons (Fsp3) is 0.632. The van der Waals surface area contributed by atoms with Gasteiger partial charge in [-0.2, -0.15) is 0 Å². The maximum Gasteiger partial charge on any atom is 0.303 e. The molecule has 3 unspecified atom stereocenters. The number of nitrogens with one attached hydrogen (secondary N) is 1. The van der Waals surface area contributed by atoms with E-state index in [0.29, 0.717) is 6.42 Å². The minimum Gasteiger partial charge on any atom is -0.481 e. The van der Waals surface area contributed by atoms with Crippen molar-refractivity contribution in [3.05, 3.63) is 35.9 Å². The lowest BCUT2D eigenvalue weighted by molar-refractivity contribution is -0.137. The van der Waals surface area contributed by atoms with Gasteiger partial charge in [-0.3, -0.25) is 4.79 Å². The fourth-order valence-electron chi connectivity index (χ4n) is 3.55. The Bertz CT molecular complexity index is 446. The highest BCUT2D eigenvalue weighted by Crippen LogP contribution is 2.28. The number of carboxylic acid groups (broad SMARTS) is 1. The number of rotatable bonds is 8. The first kappa shape index (κ1) is 17.0. The molecule has 3 atom stereocenters. The minimum atomic E-state index is -0.703. The highest BCUT2D eigenvalue weighted by molar-refractivity contribution is 5.66. The van der Waals surface area contributed by atoms with E-state index in [1.54, 1.807) is 0 Å². The summed E-state index contributed by atoms with van der Waals surface area (Å²) in [6, 6.07) is 10.6. The molecule has 122 valence electrons. The van der Waals surface area contributed by atoms with E-state index in [2.05, 4.69) is 24.4 Å². The van der Waals surface area contributed by atoms with Gasteiger partial charge in [0.05, 0.1) is 0 Å². The Hall–Kier alpha value is -1.35. The smallest absolute Gasteiger partial charge is 0.303 e. The Labute approximate surface area is 134 Å². The van der Waals surface area contributed by atoms with E-state index in [1.165, 1.54) is 31.2 Å². The molecule has 0 heterocycles. The standard InChI is InChI=1S/C19H29NO2/c1-15-6-5-9-17(12-15)14-20-18(10-11-19(21)22)13-16-7-3-2-4-8-16/h2-4,7-8,15,17-18,20H,5-6,9-14H2,1H3,(H,21,22). The van der Waals surface area contributed by atoms with Gasteiger partial charge in [-0.1, -0.05) is 50.1 Å². The van der Waals surface area contributed by atoms with Gasteiger partial charge in [0.1, 0.15) is 0 Å². The third-order valence-corrected chi connectivity index (χ3v) is 4.77. The van der Waals surface area contributed by atoms with Crippen LogP contribution >= 0.6 is 0 Å². The van der Waals surface area contributed by atoms with Gasteiger partial charge in [-0.15, -0.1) is 0 Å². The maximum atomic E-state index is 10.9. The van der Waals surface area contributed by atoms with Crippen molar-refractivity contribution in [3.8, 4) is 0 Å². The average molecular weight is 303 g/mol. The first-order valence-electron chi connectivity index (χ1n) is 8.62. The van der Waals surface area contributed by atoms with Crippen LogP contribution in [0.2, 0.25) is 0 Å². The molecular weight excluding hydrogens is 274 g/mol. The topological polar surface area (TPSA) is 49.3 Å². The van der Waals surface area contributed by atoms with E-state index in [-0.39, 0.29) is 12.5 Å². The van der Waals surface area contributed by atoms with Crippen molar-refractivity contribution in [2.24, 2.45) is 11.8 Å². The van der Waals surface area contributed by atoms with Crippen LogP contribution in [0.1, 0.15) is 51.0 Å². The van der Waals surface area contributed by atoms with Crippen molar-refractivity contribution >= 4 is 5.97 Å². The number of benzene rings is 1. The number of aliphatic carboxylic acids is 1. The molecule has 0 bridgehead atoms.